The fourth-order valence-electron chi connectivity index (χ4n) is 2.37. The van der Waals surface area contributed by atoms with Crippen LogP contribution in [0.15, 0.2) is 16.3 Å². The molecule has 0 aliphatic heterocycles. The van der Waals surface area contributed by atoms with Gasteiger partial charge in [0, 0.05) is 23.3 Å². The van der Waals surface area contributed by atoms with Crippen molar-refractivity contribution in [3.05, 3.63) is 16.3 Å². The Bertz CT molecular complexity index is 492. The van der Waals surface area contributed by atoms with Crippen LogP contribution in [-0.4, -0.2) is 25.8 Å². The Hall–Kier alpha value is -0.100. The number of alkyl halides is 1. The highest BCUT2D eigenvalue weighted by Gasteiger charge is 2.29. The summed E-state index contributed by atoms with van der Waals surface area (Å²) in [4.78, 5) is 1.28. The van der Waals surface area contributed by atoms with Crippen LogP contribution in [-0.2, 0) is 15.9 Å². The minimum atomic E-state index is -3.34. The highest BCUT2D eigenvalue weighted by atomic mass is 35.5. The third-order valence-electron chi connectivity index (χ3n) is 3.53. The largest absolute Gasteiger partial charge is 0.243 e. The molecule has 0 bridgehead atoms. The Kier molecular flexibility index (Phi) is 4.69. The van der Waals surface area contributed by atoms with Crippen LogP contribution < -0.4 is 0 Å². The quantitative estimate of drug-likeness (QED) is 0.799. The Balaban J connectivity index is 2.18. The van der Waals surface area contributed by atoms with E-state index in [9.17, 15) is 8.42 Å². The summed E-state index contributed by atoms with van der Waals surface area (Å²) in [5, 5.41) is 1.69. The summed E-state index contributed by atoms with van der Waals surface area (Å²) < 4.78 is 26.4. The first-order valence-electron chi connectivity index (χ1n) is 6.17. The zero-order valence-electron chi connectivity index (χ0n) is 10.4. The van der Waals surface area contributed by atoms with Crippen LogP contribution in [0.3, 0.4) is 0 Å². The predicted octanol–water partition coefficient (Wildman–Crippen LogP) is 3.44. The maximum Gasteiger partial charge on any atom is 0.243 e. The molecule has 0 unspecified atom stereocenters. The maximum atomic E-state index is 12.5. The van der Waals surface area contributed by atoms with Crippen molar-refractivity contribution in [3.8, 4) is 0 Å². The fraction of sp³-hybridized carbons (Fsp3) is 0.667. The number of sulfonamides is 1. The molecule has 0 atom stereocenters. The van der Waals surface area contributed by atoms with Gasteiger partial charge in [-0.25, -0.2) is 8.42 Å². The molecule has 0 spiro atoms. The normalized spacial score (nSPS) is 18.4. The highest BCUT2D eigenvalue weighted by molar-refractivity contribution is 7.89. The van der Waals surface area contributed by atoms with E-state index in [0.717, 1.165) is 30.6 Å². The molecule has 1 aliphatic rings. The molecule has 1 fully saturated rings. The predicted molar refractivity (Wildman–Crippen MR) is 75.7 cm³/mol. The molecule has 1 aromatic rings. The topological polar surface area (TPSA) is 37.4 Å². The molecule has 18 heavy (non-hydrogen) atoms. The van der Waals surface area contributed by atoms with Crippen LogP contribution >= 0.6 is 22.9 Å². The van der Waals surface area contributed by atoms with Crippen molar-refractivity contribution in [2.24, 2.45) is 0 Å². The van der Waals surface area contributed by atoms with E-state index in [1.54, 1.807) is 22.8 Å². The number of hydrogen-bond donors (Lipinski definition) is 0. The number of thiophene rings is 1. The summed E-state index contributed by atoms with van der Waals surface area (Å²) in [7, 11) is -1.64. The second-order valence-corrected chi connectivity index (χ2v) is 7.96. The zero-order chi connectivity index (χ0) is 13.2. The van der Waals surface area contributed by atoms with Crippen molar-refractivity contribution in [3.63, 3.8) is 0 Å². The van der Waals surface area contributed by atoms with Crippen LogP contribution in [0, 0.1) is 0 Å². The van der Waals surface area contributed by atoms with Crippen LogP contribution in [0.4, 0.5) is 0 Å². The van der Waals surface area contributed by atoms with Crippen LogP contribution in [0.5, 0.6) is 0 Å². The van der Waals surface area contributed by atoms with E-state index >= 15 is 0 Å². The molecule has 1 aliphatic carbocycles. The summed E-state index contributed by atoms with van der Waals surface area (Å²) >= 11 is 7.12. The summed E-state index contributed by atoms with van der Waals surface area (Å²) in [6, 6.07) is 1.84. The van der Waals surface area contributed by atoms with Gasteiger partial charge in [0.15, 0.2) is 0 Å². The molecule has 0 N–H and O–H groups in total. The van der Waals surface area contributed by atoms with Crippen molar-refractivity contribution in [2.45, 2.75) is 48.9 Å². The number of nitrogens with zero attached hydrogens (tertiary/aromatic N) is 1. The van der Waals surface area contributed by atoms with E-state index in [1.165, 1.54) is 17.8 Å². The Morgan fingerprint density at radius 2 is 2.06 bits per heavy atom. The van der Waals surface area contributed by atoms with Crippen LogP contribution in [0.1, 0.15) is 37.0 Å². The molecule has 3 nitrogen and oxygen atoms in total. The van der Waals surface area contributed by atoms with Gasteiger partial charge in [0.1, 0.15) is 0 Å². The summed E-state index contributed by atoms with van der Waals surface area (Å²) in [6.07, 6.45) is 5.42. The lowest BCUT2D eigenvalue weighted by atomic mass is 9.96. The van der Waals surface area contributed by atoms with E-state index < -0.39 is 10.0 Å². The molecule has 6 heteroatoms. The summed E-state index contributed by atoms with van der Waals surface area (Å²) in [6.45, 7) is 0. The van der Waals surface area contributed by atoms with Gasteiger partial charge >= 0.3 is 0 Å². The lowest BCUT2D eigenvalue weighted by Crippen LogP contribution is -2.38. The molecule has 1 heterocycles. The van der Waals surface area contributed by atoms with Crippen molar-refractivity contribution in [2.75, 3.05) is 7.05 Å². The zero-order valence-corrected chi connectivity index (χ0v) is 12.8. The molecule has 102 valence electrons. The second kappa shape index (κ2) is 5.90. The molecule has 1 saturated carbocycles. The third-order valence-corrected chi connectivity index (χ3v) is 6.95. The van der Waals surface area contributed by atoms with Crippen molar-refractivity contribution >= 4 is 33.0 Å². The van der Waals surface area contributed by atoms with E-state index in [0.29, 0.717) is 10.8 Å². The molecule has 0 saturated heterocycles. The average molecular weight is 308 g/mol. The van der Waals surface area contributed by atoms with Gasteiger partial charge in [-0.1, -0.05) is 19.3 Å². The number of hydrogen-bond acceptors (Lipinski definition) is 3. The van der Waals surface area contributed by atoms with Crippen LogP contribution in [0.2, 0.25) is 0 Å². The number of rotatable bonds is 4. The van der Waals surface area contributed by atoms with Gasteiger partial charge in [-0.15, -0.1) is 22.9 Å². The van der Waals surface area contributed by atoms with E-state index in [1.807, 2.05) is 0 Å². The number of halogens is 1. The maximum absolute atomic E-state index is 12.5. The monoisotopic (exact) mass is 307 g/mol. The molecule has 2 rings (SSSR count). The van der Waals surface area contributed by atoms with Crippen molar-refractivity contribution < 1.29 is 8.42 Å². The Labute approximate surface area is 118 Å². The molecular formula is C12H18ClNO2S2. The molecule has 0 radical (unpaired) electrons. The SMILES string of the molecule is CN(C1CCCCC1)S(=O)(=O)c1csc(CCl)c1. The third kappa shape index (κ3) is 2.90. The molecular weight excluding hydrogens is 290 g/mol. The van der Waals surface area contributed by atoms with E-state index in [2.05, 4.69) is 0 Å². The van der Waals surface area contributed by atoms with Crippen molar-refractivity contribution in [1.82, 2.24) is 4.31 Å². The van der Waals surface area contributed by atoms with E-state index in [-0.39, 0.29) is 6.04 Å². The highest BCUT2D eigenvalue weighted by Crippen LogP contribution is 2.28. The lowest BCUT2D eigenvalue weighted by molar-refractivity contribution is 0.286. The van der Waals surface area contributed by atoms with Crippen molar-refractivity contribution in [1.29, 1.82) is 0 Å². The van der Waals surface area contributed by atoms with E-state index in [4.69, 9.17) is 11.6 Å². The van der Waals surface area contributed by atoms with Gasteiger partial charge in [0.05, 0.1) is 10.8 Å². The molecule has 0 aromatic carbocycles. The first-order valence-corrected chi connectivity index (χ1v) is 9.02. The lowest BCUT2D eigenvalue weighted by Gasteiger charge is -2.30. The van der Waals surface area contributed by atoms with Crippen LogP contribution in [0.25, 0.3) is 0 Å². The molecule has 0 amide bonds. The van der Waals surface area contributed by atoms with Gasteiger partial charge in [-0.05, 0) is 18.9 Å². The second-order valence-electron chi connectivity index (χ2n) is 4.70. The van der Waals surface area contributed by atoms with Gasteiger partial charge in [-0.2, -0.15) is 4.31 Å². The Morgan fingerprint density at radius 1 is 1.39 bits per heavy atom. The fourth-order valence-corrected chi connectivity index (χ4v) is 5.17. The average Bonchev–Trinajstić information content (AvgIpc) is 2.88. The molecule has 1 aromatic heterocycles. The van der Waals surface area contributed by atoms with Gasteiger partial charge in [0.25, 0.3) is 0 Å². The Morgan fingerprint density at radius 3 is 2.61 bits per heavy atom. The standard InChI is InChI=1S/C12H18ClNO2S2/c1-14(10-5-3-2-4-6-10)18(15,16)12-7-11(8-13)17-9-12/h7,9-10H,2-6,8H2,1H3. The first kappa shape index (κ1) is 14.3. The first-order chi connectivity index (χ1) is 8.55. The van der Waals surface area contributed by atoms with Gasteiger partial charge in [-0.3, -0.25) is 0 Å². The van der Waals surface area contributed by atoms with Gasteiger partial charge in [0.2, 0.25) is 10.0 Å². The summed E-state index contributed by atoms with van der Waals surface area (Å²) in [5.74, 6) is 0.368. The van der Waals surface area contributed by atoms with Gasteiger partial charge < -0.3 is 0 Å². The smallest absolute Gasteiger partial charge is 0.207 e. The minimum Gasteiger partial charge on any atom is -0.207 e. The summed E-state index contributed by atoms with van der Waals surface area (Å²) in [5.41, 5.74) is 0. The minimum absolute atomic E-state index is 0.156.